The molecule has 1 N–H and O–H groups in total. The molecule has 0 saturated carbocycles. The molecule has 0 aromatic carbocycles. The van der Waals surface area contributed by atoms with Gasteiger partial charge in [-0.05, 0) is 65.2 Å². The molecule has 1 atom stereocenters. The Hall–Kier alpha value is -0.370. The molecule has 2 saturated heterocycles. The van der Waals surface area contributed by atoms with E-state index in [-0.39, 0.29) is 35.9 Å². The minimum Gasteiger partial charge on any atom is -0.338 e. The summed E-state index contributed by atoms with van der Waals surface area (Å²) in [4.78, 5) is 16.6. The van der Waals surface area contributed by atoms with E-state index in [9.17, 15) is 13.2 Å². The van der Waals surface area contributed by atoms with Crippen molar-refractivity contribution < 1.29 is 13.2 Å². The highest BCUT2D eigenvalue weighted by Gasteiger charge is 2.34. The molecule has 0 bridgehead atoms. The molecule has 0 aromatic heterocycles. The van der Waals surface area contributed by atoms with Crippen molar-refractivity contribution in [3.05, 3.63) is 0 Å². The summed E-state index contributed by atoms with van der Waals surface area (Å²) in [6, 6.07) is -0.120. The van der Waals surface area contributed by atoms with Crippen molar-refractivity contribution in [1.29, 1.82) is 0 Å². The summed E-state index contributed by atoms with van der Waals surface area (Å²) in [5.74, 6) is 1.20. The lowest BCUT2D eigenvalue weighted by Crippen LogP contribution is -2.47. The number of carbonyl (C=O) groups is 1. The summed E-state index contributed by atoms with van der Waals surface area (Å²) in [7, 11) is -0.964. The van der Waals surface area contributed by atoms with Gasteiger partial charge >= 0.3 is 0 Å². The van der Waals surface area contributed by atoms with E-state index in [1.54, 1.807) is 4.90 Å². The van der Waals surface area contributed by atoms with Crippen LogP contribution in [0, 0.1) is 5.92 Å². The van der Waals surface area contributed by atoms with E-state index in [1.807, 2.05) is 14.0 Å². The van der Waals surface area contributed by atoms with Crippen LogP contribution in [0.4, 0.5) is 0 Å². The van der Waals surface area contributed by atoms with Gasteiger partial charge in [0.05, 0.1) is 18.1 Å². The van der Waals surface area contributed by atoms with Crippen LogP contribution in [-0.4, -0.2) is 81.4 Å². The third kappa shape index (κ3) is 6.17. The summed E-state index contributed by atoms with van der Waals surface area (Å²) in [6.07, 6.45) is 4.10. The lowest BCUT2D eigenvalue weighted by Gasteiger charge is -2.34. The van der Waals surface area contributed by atoms with Crippen molar-refractivity contribution in [2.75, 3.05) is 51.3 Å². The van der Waals surface area contributed by atoms with Crippen LogP contribution < -0.4 is 5.32 Å². The number of sulfone groups is 1. The lowest BCUT2D eigenvalue weighted by atomic mass is 9.93. The molecule has 2 aliphatic rings. The second-order valence-corrected chi connectivity index (χ2v) is 9.08. The average molecular weight is 382 g/mol. The Morgan fingerprint density at radius 3 is 2.42 bits per heavy atom. The van der Waals surface area contributed by atoms with Crippen LogP contribution in [0.25, 0.3) is 0 Å². The monoisotopic (exact) mass is 381 g/mol. The van der Waals surface area contributed by atoms with Crippen molar-refractivity contribution in [1.82, 2.24) is 15.1 Å². The maximum atomic E-state index is 12.6. The topological polar surface area (TPSA) is 69.7 Å². The normalized spacial score (nSPS) is 24.5. The van der Waals surface area contributed by atoms with Crippen LogP contribution in [0.15, 0.2) is 0 Å². The highest BCUT2D eigenvalue weighted by Crippen LogP contribution is 2.21. The molecular weight excluding hydrogens is 350 g/mol. The Labute approximate surface area is 152 Å². The van der Waals surface area contributed by atoms with E-state index in [0.29, 0.717) is 19.5 Å². The first-order valence-electron chi connectivity index (χ1n) is 8.82. The minimum atomic E-state index is -2.95. The molecule has 2 fully saturated rings. The van der Waals surface area contributed by atoms with Crippen molar-refractivity contribution in [3.63, 3.8) is 0 Å². The number of halogens is 1. The van der Waals surface area contributed by atoms with Crippen molar-refractivity contribution in [3.8, 4) is 0 Å². The maximum absolute atomic E-state index is 12.6. The van der Waals surface area contributed by atoms with Gasteiger partial charge in [-0.3, -0.25) is 9.69 Å². The number of hydrogen-bond donors (Lipinski definition) is 1. The fourth-order valence-corrected chi connectivity index (χ4v) is 5.45. The zero-order valence-corrected chi connectivity index (χ0v) is 16.5. The highest BCUT2D eigenvalue weighted by atomic mass is 35.5. The molecule has 0 aliphatic carbocycles. The fraction of sp³-hybridized carbons (Fsp3) is 0.938. The molecule has 2 heterocycles. The summed E-state index contributed by atoms with van der Waals surface area (Å²) >= 11 is 0. The van der Waals surface area contributed by atoms with Gasteiger partial charge in [-0.2, -0.15) is 0 Å². The van der Waals surface area contributed by atoms with Gasteiger partial charge in [0, 0.05) is 12.6 Å². The number of rotatable bonds is 7. The summed E-state index contributed by atoms with van der Waals surface area (Å²) in [5.41, 5.74) is 0. The zero-order valence-electron chi connectivity index (χ0n) is 14.9. The van der Waals surface area contributed by atoms with E-state index in [2.05, 4.69) is 10.2 Å². The number of nitrogens with zero attached hydrogens (tertiary/aromatic N) is 2. The first-order valence-corrected chi connectivity index (χ1v) is 10.6. The molecule has 0 radical (unpaired) electrons. The third-order valence-corrected chi connectivity index (χ3v) is 6.93. The van der Waals surface area contributed by atoms with Crippen molar-refractivity contribution >= 4 is 28.2 Å². The van der Waals surface area contributed by atoms with E-state index in [1.165, 1.54) is 6.42 Å². The summed E-state index contributed by atoms with van der Waals surface area (Å²) < 4.78 is 23.3. The highest BCUT2D eigenvalue weighted by molar-refractivity contribution is 7.91. The Bertz CT molecular complexity index is 493. The number of carbonyl (C=O) groups excluding carboxylic acids is 1. The number of likely N-dealkylation sites (N-methyl/N-ethyl adjacent to an activating group) is 1. The lowest BCUT2D eigenvalue weighted by molar-refractivity contribution is -0.134. The smallest absolute Gasteiger partial charge is 0.237 e. The van der Waals surface area contributed by atoms with E-state index in [4.69, 9.17) is 0 Å². The van der Waals surface area contributed by atoms with Gasteiger partial charge in [0.2, 0.25) is 5.91 Å². The van der Waals surface area contributed by atoms with Crippen LogP contribution in [0.1, 0.15) is 32.6 Å². The Morgan fingerprint density at radius 1 is 1.25 bits per heavy atom. The summed E-state index contributed by atoms with van der Waals surface area (Å²) in [6.45, 7) is 5.97. The van der Waals surface area contributed by atoms with Crippen LogP contribution in [-0.2, 0) is 14.6 Å². The quantitative estimate of drug-likeness (QED) is 0.705. The van der Waals surface area contributed by atoms with Crippen LogP contribution in [0.3, 0.4) is 0 Å². The molecule has 6 nitrogen and oxygen atoms in total. The molecule has 0 aromatic rings. The molecule has 142 valence electrons. The van der Waals surface area contributed by atoms with Gasteiger partial charge in [-0.15, -0.1) is 12.4 Å². The zero-order chi connectivity index (χ0) is 16.9. The minimum absolute atomic E-state index is 0. The average Bonchev–Trinajstić information content (AvgIpc) is 2.87. The molecule has 0 spiro atoms. The molecule has 8 heteroatoms. The van der Waals surface area contributed by atoms with Gasteiger partial charge < -0.3 is 10.2 Å². The van der Waals surface area contributed by atoms with Gasteiger partial charge in [0.25, 0.3) is 0 Å². The number of hydrogen-bond acceptors (Lipinski definition) is 5. The standard InChI is InChI=1S/C16H31N3O3S.ClH/c1-3-19(15-7-11-23(21,22)13-15)16(20)12-18-9-5-14(6-10-18)4-8-17-2;/h14-15,17H,3-13H2,1-2H3;1H. The third-order valence-electron chi connectivity index (χ3n) is 5.18. The Morgan fingerprint density at radius 2 is 1.92 bits per heavy atom. The number of nitrogens with one attached hydrogen (secondary N) is 1. The second-order valence-electron chi connectivity index (χ2n) is 6.85. The Kier molecular flexibility index (Phi) is 8.98. The second kappa shape index (κ2) is 9.94. The largest absolute Gasteiger partial charge is 0.338 e. The SMILES string of the molecule is CCN(C(=O)CN1CCC(CCNC)CC1)C1CCS(=O)(=O)C1.Cl. The van der Waals surface area contributed by atoms with Crippen LogP contribution in [0.2, 0.25) is 0 Å². The first-order chi connectivity index (χ1) is 10.9. The molecule has 24 heavy (non-hydrogen) atoms. The molecule has 1 unspecified atom stereocenters. The van der Waals surface area contributed by atoms with Gasteiger partial charge in [0.15, 0.2) is 9.84 Å². The maximum Gasteiger partial charge on any atom is 0.237 e. The molecule has 2 aliphatic heterocycles. The molecule has 1 amide bonds. The molecule has 2 rings (SSSR count). The number of likely N-dealkylation sites (tertiary alicyclic amines) is 1. The van der Waals surface area contributed by atoms with Crippen LogP contribution >= 0.6 is 12.4 Å². The predicted molar refractivity (Wildman–Crippen MR) is 99.4 cm³/mol. The summed E-state index contributed by atoms with van der Waals surface area (Å²) in [5, 5.41) is 3.20. The van der Waals surface area contributed by atoms with Gasteiger partial charge in [-0.25, -0.2) is 8.42 Å². The number of amides is 1. The Balaban J connectivity index is 0.00000288. The number of piperidine rings is 1. The fourth-order valence-electron chi connectivity index (χ4n) is 3.72. The van der Waals surface area contributed by atoms with Crippen molar-refractivity contribution in [2.24, 2.45) is 5.92 Å². The van der Waals surface area contributed by atoms with E-state index >= 15 is 0 Å². The first kappa shape index (κ1) is 21.7. The van der Waals surface area contributed by atoms with Crippen molar-refractivity contribution in [2.45, 2.75) is 38.6 Å². The van der Waals surface area contributed by atoms with E-state index in [0.717, 1.165) is 38.4 Å². The van der Waals surface area contributed by atoms with Crippen LogP contribution in [0.5, 0.6) is 0 Å². The van der Waals surface area contributed by atoms with Gasteiger partial charge in [-0.1, -0.05) is 0 Å². The predicted octanol–water partition coefficient (Wildman–Crippen LogP) is 0.765. The molecular formula is C16H32ClN3O3S. The van der Waals surface area contributed by atoms with E-state index < -0.39 is 9.84 Å². The van der Waals surface area contributed by atoms with Gasteiger partial charge in [0.1, 0.15) is 0 Å².